The number of piperidine rings is 2. The Balaban J connectivity index is 2.00. The largest absolute Gasteiger partial charge is 0.369 e. The van der Waals surface area contributed by atoms with Crippen LogP contribution in [0.3, 0.4) is 0 Å². The summed E-state index contributed by atoms with van der Waals surface area (Å²) in [6, 6.07) is 0.129. The van der Waals surface area contributed by atoms with Crippen molar-refractivity contribution in [2.24, 2.45) is 17.6 Å². The van der Waals surface area contributed by atoms with Crippen LogP contribution >= 0.6 is 0 Å². The molecule has 0 aromatic carbocycles. The third kappa shape index (κ3) is 3.32. The minimum atomic E-state index is -0.280. The number of hydrogen-bond donors (Lipinski definition) is 2. The number of nitrogens with two attached hydrogens (primary N) is 1. The molecule has 0 aromatic heterocycles. The van der Waals surface area contributed by atoms with Gasteiger partial charge in [-0.25, -0.2) is 0 Å². The zero-order valence-corrected chi connectivity index (χ0v) is 12.6. The van der Waals surface area contributed by atoms with E-state index in [1.165, 1.54) is 0 Å². The monoisotopic (exact) mass is 281 g/mol. The molecule has 0 aromatic rings. The first-order valence-corrected chi connectivity index (χ1v) is 7.86. The Morgan fingerprint density at radius 3 is 2.70 bits per heavy atom. The zero-order valence-electron chi connectivity index (χ0n) is 12.6. The molecule has 3 N–H and O–H groups in total. The van der Waals surface area contributed by atoms with Gasteiger partial charge < -0.3 is 16.0 Å². The van der Waals surface area contributed by atoms with Gasteiger partial charge in [0.1, 0.15) is 0 Å². The fourth-order valence-corrected chi connectivity index (χ4v) is 3.40. The molecular formula is C15H27N3O2. The van der Waals surface area contributed by atoms with Crippen LogP contribution in [-0.2, 0) is 9.59 Å². The van der Waals surface area contributed by atoms with Crippen molar-refractivity contribution in [1.29, 1.82) is 0 Å². The van der Waals surface area contributed by atoms with E-state index in [0.717, 1.165) is 38.6 Å². The van der Waals surface area contributed by atoms with Crippen molar-refractivity contribution in [2.45, 2.75) is 58.0 Å². The number of nitrogens with one attached hydrogen (secondary N) is 1. The van der Waals surface area contributed by atoms with Crippen LogP contribution in [0, 0.1) is 11.8 Å². The van der Waals surface area contributed by atoms with Crippen LogP contribution in [0.25, 0.3) is 0 Å². The van der Waals surface area contributed by atoms with Gasteiger partial charge in [0.05, 0.1) is 12.0 Å². The van der Waals surface area contributed by atoms with Gasteiger partial charge in [0, 0.05) is 12.6 Å². The summed E-state index contributed by atoms with van der Waals surface area (Å²) in [6.45, 7) is 5.65. The standard InChI is InChI=1S/C15H27N3O2/c1-3-11-6-7-17-13(8-11)15(20)18-9-12(14(16)19)5-4-10(18)2/h10-13,17H,3-9H2,1-2H3,(H2,16,19). The smallest absolute Gasteiger partial charge is 0.239 e. The van der Waals surface area contributed by atoms with Crippen molar-refractivity contribution in [3.05, 3.63) is 0 Å². The Morgan fingerprint density at radius 2 is 2.05 bits per heavy atom. The highest BCUT2D eigenvalue weighted by molar-refractivity contribution is 5.84. The maximum absolute atomic E-state index is 12.7. The van der Waals surface area contributed by atoms with Crippen molar-refractivity contribution < 1.29 is 9.59 Å². The molecule has 2 saturated heterocycles. The predicted molar refractivity (Wildman–Crippen MR) is 77.9 cm³/mol. The molecular weight excluding hydrogens is 254 g/mol. The summed E-state index contributed by atoms with van der Waals surface area (Å²) in [5.74, 6) is 0.331. The lowest BCUT2D eigenvalue weighted by atomic mass is 9.88. The lowest BCUT2D eigenvalue weighted by Gasteiger charge is -2.40. The van der Waals surface area contributed by atoms with Gasteiger partial charge in [-0.1, -0.05) is 13.3 Å². The lowest BCUT2D eigenvalue weighted by Crippen LogP contribution is -2.56. The van der Waals surface area contributed by atoms with Gasteiger partial charge in [-0.05, 0) is 45.1 Å². The first-order chi connectivity index (χ1) is 9.52. The first kappa shape index (κ1) is 15.3. The second-order valence-corrected chi connectivity index (χ2v) is 6.32. The van der Waals surface area contributed by atoms with Crippen molar-refractivity contribution in [3.63, 3.8) is 0 Å². The summed E-state index contributed by atoms with van der Waals surface area (Å²) in [4.78, 5) is 25.9. The van der Waals surface area contributed by atoms with Crippen LogP contribution < -0.4 is 11.1 Å². The van der Waals surface area contributed by atoms with E-state index in [4.69, 9.17) is 5.73 Å². The quantitative estimate of drug-likeness (QED) is 0.806. The number of carbonyl (C=O) groups is 2. The van der Waals surface area contributed by atoms with Crippen LogP contribution in [0.5, 0.6) is 0 Å². The van der Waals surface area contributed by atoms with Crippen LogP contribution in [0.2, 0.25) is 0 Å². The highest BCUT2D eigenvalue weighted by Crippen LogP contribution is 2.25. The first-order valence-electron chi connectivity index (χ1n) is 7.86. The maximum atomic E-state index is 12.7. The van der Waals surface area contributed by atoms with E-state index in [2.05, 4.69) is 19.2 Å². The molecule has 4 unspecified atom stereocenters. The number of amides is 2. The summed E-state index contributed by atoms with van der Waals surface area (Å²) in [7, 11) is 0. The third-order valence-electron chi connectivity index (χ3n) is 4.96. The minimum absolute atomic E-state index is 0.0808. The van der Waals surface area contributed by atoms with E-state index in [1.807, 2.05) is 4.90 Å². The summed E-state index contributed by atoms with van der Waals surface area (Å²) in [6.07, 6.45) is 4.86. The molecule has 20 heavy (non-hydrogen) atoms. The van der Waals surface area contributed by atoms with E-state index >= 15 is 0 Å². The minimum Gasteiger partial charge on any atom is -0.369 e. The number of primary amides is 1. The van der Waals surface area contributed by atoms with Crippen molar-refractivity contribution in [3.8, 4) is 0 Å². The van der Waals surface area contributed by atoms with Gasteiger partial charge in [-0.15, -0.1) is 0 Å². The Kier molecular flexibility index (Phi) is 5.02. The molecule has 0 bridgehead atoms. The molecule has 2 aliphatic rings. The molecule has 114 valence electrons. The van der Waals surface area contributed by atoms with Gasteiger partial charge in [-0.2, -0.15) is 0 Å². The average Bonchev–Trinajstić information content (AvgIpc) is 2.46. The fraction of sp³-hybridized carbons (Fsp3) is 0.867. The number of rotatable bonds is 3. The predicted octanol–water partition coefficient (Wildman–Crippen LogP) is 0.877. The molecule has 0 radical (unpaired) electrons. The molecule has 2 fully saturated rings. The number of likely N-dealkylation sites (tertiary alicyclic amines) is 1. The summed E-state index contributed by atoms with van der Waals surface area (Å²) >= 11 is 0. The third-order valence-corrected chi connectivity index (χ3v) is 4.96. The van der Waals surface area contributed by atoms with Crippen molar-refractivity contribution in [1.82, 2.24) is 10.2 Å². The summed E-state index contributed by atoms with van der Waals surface area (Å²) < 4.78 is 0. The maximum Gasteiger partial charge on any atom is 0.239 e. The molecule has 0 spiro atoms. The SMILES string of the molecule is CCC1CCNC(C(=O)N2CC(C(N)=O)CCC2C)C1. The zero-order chi connectivity index (χ0) is 14.7. The number of hydrogen-bond acceptors (Lipinski definition) is 3. The molecule has 2 amide bonds. The molecule has 0 saturated carbocycles. The number of nitrogens with zero attached hydrogens (tertiary/aromatic N) is 1. The summed E-state index contributed by atoms with van der Waals surface area (Å²) in [5.41, 5.74) is 5.40. The fourth-order valence-electron chi connectivity index (χ4n) is 3.40. The van der Waals surface area contributed by atoms with E-state index < -0.39 is 0 Å². The van der Waals surface area contributed by atoms with Crippen LogP contribution in [-0.4, -0.2) is 41.9 Å². The van der Waals surface area contributed by atoms with E-state index in [0.29, 0.717) is 12.5 Å². The average molecular weight is 281 g/mol. The normalized spacial score (nSPS) is 34.8. The number of carbonyl (C=O) groups excluding carboxylic acids is 2. The van der Waals surface area contributed by atoms with E-state index in [-0.39, 0.29) is 29.8 Å². The van der Waals surface area contributed by atoms with Crippen LogP contribution in [0.1, 0.15) is 46.0 Å². The van der Waals surface area contributed by atoms with Crippen LogP contribution in [0.15, 0.2) is 0 Å². The Bertz CT molecular complexity index is 372. The molecule has 0 aliphatic carbocycles. The lowest BCUT2D eigenvalue weighted by molar-refractivity contribution is -0.140. The second kappa shape index (κ2) is 6.57. The van der Waals surface area contributed by atoms with Crippen LogP contribution in [0.4, 0.5) is 0 Å². The Morgan fingerprint density at radius 1 is 1.30 bits per heavy atom. The van der Waals surface area contributed by atoms with Gasteiger partial charge >= 0.3 is 0 Å². The highest BCUT2D eigenvalue weighted by Gasteiger charge is 2.36. The van der Waals surface area contributed by atoms with Gasteiger partial charge in [0.25, 0.3) is 0 Å². The van der Waals surface area contributed by atoms with Gasteiger partial charge in [0.15, 0.2) is 0 Å². The summed E-state index contributed by atoms with van der Waals surface area (Å²) in [5, 5.41) is 3.34. The molecule has 2 aliphatic heterocycles. The highest BCUT2D eigenvalue weighted by atomic mass is 16.2. The van der Waals surface area contributed by atoms with E-state index in [9.17, 15) is 9.59 Å². The molecule has 5 nitrogen and oxygen atoms in total. The van der Waals surface area contributed by atoms with Crippen molar-refractivity contribution in [2.75, 3.05) is 13.1 Å². The second-order valence-electron chi connectivity index (χ2n) is 6.32. The molecule has 2 heterocycles. The Labute approximate surface area is 121 Å². The Hall–Kier alpha value is -1.10. The topological polar surface area (TPSA) is 75.4 Å². The van der Waals surface area contributed by atoms with E-state index in [1.54, 1.807) is 0 Å². The van der Waals surface area contributed by atoms with Gasteiger partial charge in [-0.3, -0.25) is 9.59 Å². The van der Waals surface area contributed by atoms with Crippen molar-refractivity contribution >= 4 is 11.8 Å². The molecule has 4 atom stereocenters. The molecule has 2 rings (SSSR count). The molecule has 5 heteroatoms. The van der Waals surface area contributed by atoms with Gasteiger partial charge in [0.2, 0.25) is 11.8 Å².